The van der Waals surface area contributed by atoms with Crippen LogP contribution in [0.3, 0.4) is 0 Å². The molecule has 8 heteroatoms. The average molecular weight is 303 g/mol. The van der Waals surface area contributed by atoms with Crippen molar-refractivity contribution < 1.29 is 22.8 Å². The van der Waals surface area contributed by atoms with Crippen LogP contribution >= 0.6 is 0 Å². The van der Waals surface area contributed by atoms with Gasteiger partial charge in [-0.05, 0) is 19.1 Å². The molecule has 0 fully saturated rings. The number of para-hydroxylation sites is 1. The molecule has 0 aliphatic carbocycles. The van der Waals surface area contributed by atoms with Crippen LogP contribution in [0.5, 0.6) is 0 Å². The van der Waals surface area contributed by atoms with Gasteiger partial charge < -0.3 is 16.0 Å². The minimum Gasteiger partial charge on any atom is -0.345 e. The Hall–Kier alpha value is -2.09. The Morgan fingerprint density at radius 1 is 1.19 bits per heavy atom. The molecule has 1 unspecified atom stereocenters. The zero-order chi connectivity index (χ0) is 16.4. The lowest BCUT2D eigenvalue weighted by Crippen LogP contribution is -2.59. The van der Waals surface area contributed by atoms with Crippen LogP contribution in [-0.2, 0) is 4.79 Å². The van der Waals surface area contributed by atoms with Gasteiger partial charge >= 0.3 is 6.18 Å². The topological polar surface area (TPSA) is 75.4 Å². The molecule has 1 aromatic rings. The number of carbonyl (C=O) groups is 2. The predicted molar refractivity (Wildman–Crippen MR) is 71.7 cm³/mol. The summed E-state index contributed by atoms with van der Waals surface area (Å²) in [6.07, 6.45) is -4.91. The third kappa shape index (κ3) is 3.52. The predicted octanol–water partition coefficient (Wildman–Crippen LogP) is 1.61. The number of nitrogens with two attached hydrogens (primary N) is 1. The molecule has 0 bridgehead atoms. The Balaban J connectivity index is 3.10. The van der Waals surface area contributed by atoms with Crippen molar-refractivity contribution in [3.8, 4) is 0 Å². The molecule has 0 saturated carbocycles. The molecule has 0 radical (unpaired) electrons. The Morgan fingerprint density at radius 2 is 1.71 bits per heavy atom. The highest BCUT2D eigenvalue weighted by molar-refractivity contribution is 6.05. The molecule has 0 saturated heterocycles. The number of rotatable bonds is 3. The van der Waals surface area contributed by atoms with Crippen LogP contribution in [0.1, 0.15) is 17.3 Å². The molecule has 0 spiro atoms. The summed E-state index contributed by atoms with van der Waals surface area (Å²) in [4.78, 5) is 24.9. The van der Waals surface area contributed by atoms with Crippen molar-refractivity contribution in [3.63, 3.8) is 0 Å². The Kier molecular flexibility index (Phi) is 4.62. The molecule has 116 valence electrons. The number of alkyl halides is 3. The lowest BCUT2D eigenvalue weighted by molar-refractivity contribution is -0.184. The molecule has 1 atom stereocenters. The third-order valence-corrected chi connectivity index (χ3v) is 2.87. The minimum absolute atomic E-state index is 0.0258. The minimum atomic E-state index is -4.91. The lowest BCUT2D eigenvalue weighted by atomic mass is 10.0. The molecule has 0 aromatic heterocycles. The second-order valence-corrected chi connectivity index (χ2v) is 4.90. The zero-order valence-electron chi connectivity index (χ0n) is 11.8. The van der Waals surface area contributed by atoms with Gasteiger partial charge in [-0.2, -0.15) is 13.2 Å². The van der Waals surface area contributed by atoms with Crippen LogP contribution in [0, 0.1) is 0 Å². The second-order valence-electron chi connectivity index (χ2n) is 4.90. The van der Waals surface area contributed by atoms with Gasteiger partial charge in [-0.1, -0.05) is 12.1 Å². The van der Waals surface area contributed by atoms with Crippen molar-refractivity contribution in [2.75, 3.05) is 19.4 Å². The average Bonchev–Trinajstić information content (AvgIpc) is 2.37. The molecular weight excluding hydrogens is 287 g/mol. The number of benzene rings is 1. The first-order chi connectivity index (χ1) is 9.48. The van der Waals surface area contributed by atoms with E-state index in [1.165, 1.54) is 43.3 Å². The molecule has 0 aliphatic rings. The highest BCUT2D eigenvalue weighted by Gasteiger charge is 2.54. The summed E-state index contributed by atoms with van der Waals surface area (Å²) in [7, 11) is 2.98. The summed E-state index contributed by atoms with van der Waals surface area (Å²) in [6, 6.07) is 5.77. The molecule has 0 aliphatic heterocycles. The molecule has 5 nitrogen and oxygen atoms in total. The number of amides is 2. The van der Waals surface area contributed by atoms with E-state index in [2.05, 4.69) is 5.32 Å². The van der Waals surface area contributed by atoms with Crippen molar-refractivity contribution in [1.82, 2.24) is 4.90 Å². The first kappa shape index (κ1) is 17.0. The van der Waals surface area contributed by atoms with E-state index in [-0.39, 0.29) is 11.3 Å². The van der Waals surface area contributed by atoms with Crippen molar-refractivity contribution in [2.45, 2.75) is 18.6 Å². The van der Waals surface area contributed by atoms with E-state index in [4.69, 9.17) is 5.73 Å². The highest BCUT2D eigenvalue weighted by Crippen LogP contribution is 2.29. The smallest absolute Gasteiger partial charge is 0.345 e. The van der Waals surface area contributed by atoms with Crippen LogP contribution in [-0.4, -0.2) is 42.5 Å². The van der Waals surface area contributed by atoms with Crippen LogP contribution in [0.2, 0.25) is 0 Å². The number of anilines is 1. The molecule has 1 aromatic carbocycles. The monoisotopic (exact) mass is 303 g/mol. The van der Waals surface area contributed by atoms with E-state index in [1.807, 2.05) is 0 Å². The van der Waals surface area contributed by atoms with E-state index in [9.17, 15) is 22.8 Å². The number of halogens is 3. The van der Waals surface area contributed by atoms with E-state index in [0.717, 1.165) is 0 Å². The van der Waals surface area contributed by atoms with Gasteiger partial charge in [0.05, 0.1) is 11.3 Å². The van der Waals surface area contributed by atoms with Gasteiger partial charge in [0.2, 0.25) is 0 Å². The van der Waals surface area contributed by atoms with Crippen LogP contribution in [0.15, 0.2) is 24.3 Å². The standard InChI is InChI=1S/C13H16F3N3O2/c1-12(17,13(14,15)16)11(21)18-9-7-5-4-6-8(9)10(20)19(2)3/h4-7H,17H2,1-3H3,(H,18,21). The first-order valence-corrected chi connectivity index (χ1v) is 5.96. The third-order valence-electron chi connectivity index (χ3n) is 2.87. The first-order valence-electron chi connectivity index (χ1n) is 5.96. The number of hydrogen-bond donors (Lipinski definition) is 2. The van der Waals surface area contributed by atoms with Crippen molar-refractivity contribution in [1.29, 1.82) is 0 Å². The fourth-order valence-electron chi connectivity index (χ4n) is 1.40. The Morgan fingerprint density at radius 3 is 2.19 bits per heavy atom. The SMILES string of the molecule is CN(C)C(=O)c1ccccc1NC(=O)C(C)(N)C(F)(F)F. The van der Waals surface area contributed by atoms with Crippen LogP contribution in [0.25, 0.3) is 0 Å². The zero-order valence-corrected chi connectivity index (χ0v) is 11.8. The largest absolute Gasteiger partial charge is 0.415 e. The maximum Gasteiger partial charge on any atom is 0.415 e. The number of nitrogens with zero attached hydrogens (tertiary/aromatic N) is 1. The summed E-state index contributed by atoms with van der Waals surface area (Å²) >= 11 is 0. The molecular formula is C13H16F3N3O2. The Bertz CT molecular complexity index is 554. The quantitative estimate of drug-likeness (QED) is 0.890. The van der Waals surface area contributed by atoms with Gasteiger partial charge in [-0.15, -0.1) is 0 Å². The van der Waals surface area contributed by atoms with Gasteiger partial charge in [-0.25, -0.2) is 0 Å². The van der Waals surface area contributed by atoms with Crippen LogP contribution < -0.4 is 11.1 Å². The number of carbonyl (C=O) groups excluding carboxylic acids is 2. The maximum absolute atomic E-state index is 12.7. The summed E-state index contributed by atoms with van der Waals surface area (Å²) in [5.41, 5.74) is 2.04. The molecule has 2 amide bonds. The maximum atomic E-state index is 12.7. The fourth-order valence-corrected chi connectivity index (χ4v) is 1.40. The molecule has 0 heterocycles. The normalized spacial score (nSPS) is 14.2. The lowest BCUT2D eigenvalue weighted by Gasteiger charge is -2.26. The van der Waals surface area contributed by atoms with Gasteiger partial charge in [0.15, 0.2) is 5.54 Å². The molecule has 1 rings (SSSR count). The van der Waals surface area contributed by atoms with Crippen LogP contribution in [0.4, 0.5) is 18.9 Å². The van der Waals surface area contributed by atoms with Crippen molar-refractivity contribution >= 4 is 17.5 Å². The fraction of sp³-hybridized carbons (Fsp3) is 0.385. The van der Waals surface area contributed by atoms with Gasteiger partial charge in [0.25, 0.3) is 11.8 Å². The van der Waals surface area contributed by atoms with E-state index in [0.29, 0.717) is 6.92 Å². The number of nitrogens with one attached hydrogen (secondary N) is 1. The summed E-state index contributed by atoms with van der Waals surface area (Å²) in [5.74, 6) is -1.88. The molecule has 21 heavy (non-hydrogen) atoms. The van der Waals surface area contributed by atoms with E-state index < -0.39 is 23.5 Å². The summed E-state index contributed by atoms with van der Waals surface area (Å²) in [6.45, 7) is 0.568. The van der Waals surface area contributed by atoms with Gasteiger partial charge in [-0.3, -0.25) is 9.59 Å². The Labute approximate surface area is 119 Å². The molecule has 3 N–H and O–H groups in total. The van der Waals surface area contributed by atoms with Gasteiger partial charge in [0, 0.05) is 14.1 Å². The second kappa shape index (κ2) is 5.72. The summed E-state index contributed by atoms with van der Waals surface area (Å²) in [5, 5.41) is 2.06. The van der Waals surface area contributed by atoms with E-state index in [1.54, 1.807) is 0 Å². The summed E-state index contributed by atoms with van der Waals surface area (Å²) < 4.78 is 38.1. The van der Waals surface area contributed by atoms with Crippen molar-refractivity contribution in [2.24, 2.45) is 5.73 Å². The van der Waals surface area contributed by atoms with Crippen molar-refractivity contribution in [3.05, 3.63) is 29.8 Å². The van der Waals surface area contributed by atoms with E-state index >= 15 is 0 Å². The van der Waals surface area contributed by atoms with Gasteiger partial charge in [0.1, 0.15) is 0 Å². The highest BCUT2D eigenvalue weighted by atomic mass is 19.4. The number of hydrogen-bond acceptors (Lipinski definition) is 3.